The molecule has 3 aromatic rings. The molecule has 0 radical (unpaired) electrons. The Morgan fingerprint density at radius 1 is 0.909 bits per heavy atom. The highest BCUT2D eigenvalue weighted by Crippen LogP contribution is 2.49. The predicted molar refractivity (Wildman–Crippen MR) is 145 cm³/mol. The number of para-hydroxylation sites is 1. The van der Waals surface area contributed by atoms with Crippen molar-refractivity contribution in [3.8, 4) is 5.75 Å². The van der Waals surface area contributed by atoms with Gasteiger partial charge in [-0.05, 0) is 62.0 Å². The Kier molecular flexibility index (Phi) is 7.76. The maximum Gasteiger partial charge on any atom is 0.126 e. The first-order valence-corrected chi connectivity index (χ1v) is 13.4. The molecule has 1 heterocycles. The standard InChI is InChI=1S/C30H38NOP/c1-5-30(4,33-28-17-11-10-16-27(28)31-18-12-7-13-19-31)26-21-23(2)20-24(3)29(26)32-22-25-14-8-6-9-15-25/h6,8-11,14-17,20-21,33H,5,7,12-13,18-19,22H2,1-4H3. The zero-order valence-corrected chi connectivity index (χ0v) is 21.7. The molecule has 0 N–H and O–H groups in total. The first-order valence-electron chi connectivity index (χ1n) is 12.4. The van der Waals surface area contributed by atoms with E-state index in [2.05, 4.69) is 99.3 Å². The Labute approximate surface area is 202 Å². The first kappa shape index (κ1) is 23.8. The zero-order chi connectivity index (χ0) is 23.3. The van der Waals surface area contributed by atoms with Crippen molar-refractivity contribution in [1.82, 2.24) is 0 Å². The minimum atomic E-state index is 0.0225. The molecule has 2 unspecified atom stereocenters. The molecule has 1 aliphatic rings. The van der Waals surface area contributed by atoms with Gasteiger partial charge in [-0.25, -0.2) is 0 Å². The quantitative estimate of drug-likeness (QED) is 0.323. The van der Waals surface area contributed by atoms with Gasteiger partial charge in [-0.1, -0.05) is 88.7 Å². The van der Waals surface area contributed by atoms with E-state index in [-0.39, 0.29) is 5.16 Å². The topological polar surface area (TPSA) is 12.5 Å². The third-order valence-corrected chi connectivity index (χ3v) is 8.82. The van der Waals surface area contributed by atoms with E-state index in [1.54, 1.807) is 0 Å². The molecule has 0 saturated carbocycles. The average molecular weight is 460 g/mol. The lowest BCUT2D eigenvalue weighted by Crippen LogP contribution is -2.33. The van der Waals surface area contributed by atoms with Crippen LogP contribution < -0.4 is 14.9 Å². The molecular formula is C30H38NOP. The Bertz CT molecular complexity index is 1060. The molecule has 1 saturated heterocycles. The summed E-state index contributed by atoms with van der Waals surface area (Å²) in [6.45, 7) is 12.1. The minimum Gasteiger partial charge on any atom is -0.488 e. The molecule has 0 aromatic heterocycles. The number of ether oxygens (including phenoxy) is 1. The van der Waals surface area contributed by atoms with E-state index in [0.29, 0.717) is 15.2 Å². The highest BCUT2D eigenvalue weighted by atomic mass is 31.1. The van der Waals surface area contributed by atoms with E-state index in [9.17, 15) is 0 Å². The summed E-state index contributed by atoms with van der Waals surface area (Å²) >= 11 is 0. The van der Waals surface area contributed by atoms with Gasteiger partial charge in [-0.2, -0.15) is 0 Å². The molecule has 4 rings (SSSR count). The van der Waals surface area contributed by atoms with Crippen LogP contribution >= 0.6 is 8.58 Å². The van der Waals surface area contributed by atoms with Crippen LogP contribution in [0.25, 0.3) is 0 Å². The average Bonchev–Trinajstić information content (AvgIpc) is 2.84. The number of hydrogen-bond donors (Lipinski definition) is 0. The van der Waals surface area contributed by atoms with Crippen LogP contribution in [0, 0.1) is 13.8 Å². The molecule has 0 amide bonds. The van der Waals surface area contributed by atoms with Crippen molar-refractivity contribution in [2.24, 2.45) is 0 Å². The van der Waals surface area contributed by atoms with Crippen LogP contribution in [0.3, 0.4) is 0 Å². The summed E-state index contributed by atoms with van der Waals surface area (Å²) < 4.78 is 6.54. The molecule has 1 aliphatic heterocycles. The summed E-state index contributed by atoms with van der Waals surface area (Å²) in [5.41, 5.74) is 6.54. The van der Waals surface area contributed by atoms with Crippen molar-refractivity contribution < 1.29 is 4.74 Å². The van der Waals surface area contributed by atoms with Crippen LogP contribution in [0.4, 0.5) is 5.69 Å². The van der Waals surface area contributed by atoms with Crippen molar-refractivity contribution in [3.63, 3.8) is 0 Å². The molecule has 33 heavy (non-hydrogen) atoms. The number of piperidine rings is 1. The summed E-state index contributed by atoms with van der Waals surface area (Å²) in [5, 5.41) is 1.51. The smallest absolute Gasteiger partial charge is 0.126 e. The van der Waals surface area contributed by atoms with Crippen molar-refractivity contribution in [3.05, 3.63) is 89.0 Å². The van der Waals surface area contributed by atoms with Crippen molar-refractivity contribution >= 4 is 19.6 Å². The second kappa shape index (κ2) is 10.7. The van der Waals surface area contributed by atoms with Crippen LogP contribution in [0.1, 0.15) is 61.8 Å². The van der Waals surface area contributed by atoms with Gasteiger partial charge in [0, 0.05) is 29.5 Å². The number of aryl methyl sites for hydroxylation is 2. The molecule has 174 valence electrons. The van der Waals surface area contributed by atoms with Gasteiger partial charge >= 0.3 is 0 Å². The fourth-order valence-corrected chi connectivity index (χ4v) is 6.56. The van der Waals surface area contributed by atoms with Crippen LogP contribution in [-0.2, 0) is 11.8 Å². The minimum absolute atomic E-state index is 0.0225. The van der Waals surface area contributed by atoms with Crippen molar-refractivity contribution in [2.45, 2.75) is 65.1 Å². The Hall–Kier alpha value is -2.31. The number of hydrogen-bond acceptors (Lipinski definition) is 2. The lowest BCUT2D eigenvalue weighted by molar-refractivity contribution is 0.297. The maximum atomic E-state index is 6.54. The molecule has 2 nitrogen and oxygen atoms in total. The fraction of sp³-hybridized carbons (Fsp3) is 0.400. The zero-order valence-electron chi connectivity index (χ0n) is 20.7. The molecule has 3 aromatic carbocycles. The van der Waals surface area contributed by atoms with Crippen molar-refractivity contribution in [1.29, 1.82) is 0 Å². The number of rotatable bonds is 8. The van der Waals surface area contributed by atoms with E-state index in [0.717, 1.165) is 12.2 Å². The second-order valence-electron chi connectivity index (χ2n) is 9.61. The highest BCUT2D eigenvalue weighted by molar-refractivity contribution is 7.49. The van der Waals surface area contributed by atoms with E-state index in [1.807, 2.05) is 0 Å². The third kappa shape index (κ3) is 5.61. The van der Waals surface area contributed by atoms with Gasteiger partial charge in [0.15, 0.2) is 0 Å². The number of anilines is 1. The van der Waals surface area contributed by atoms with Crippen LogP contribution in [0.15, 0.2) is 66.7 Å². The van der Waals surface area contributed by atoms with Crippen LogP contribution in [0.5, 0.6) is 5.75 Å². The van der Waals surface area contributed by atoms with E-state index < -0.39 is 0 Å². The van der Waals surface area contributed by atoms with E-state index >= 15 is 0 Å². The van der Waals surface area contributed by atoms with E-state index in [1.165, 1.54) is 65.6 Å². The summed E-state index contributed by atoms with van der Waals surface area (Å²) in [4.78, 5) is 2.61. The summed E-state index contributed by atoms with van der Waals surface area (Å²) in [7, 11) is 0.688. The predicted octanol–water partition coefficient (Wildman–Crippen LogP) is 7.50. The SMILES string of the molecule is CCC(C)(Pc1ccccc1N1CCCCC1)c1cc(C)cc(C)c1OCc1ccccc1. The first-order chi connectivity index (χ1) is 16.0. The normalized spacial score (nSPS) is 16.2. The lowest BCUT2D eigenvalue weighted by Gasteiger charge is -2.35. The Morgan fingerprint density at radius 2 is 1.61 bits per heavy atom. The summed E-state index contributed by atoms with van der Waals surface area (Å²) in [5.74, 6) is 1.07. The van der Waals surface area contributed by atoms with Gasteiger partial charge in [-0.3, -0.25) is 0 Å². The Morgan fingerprint density at radius 3 is 2.33 bits per heavy atom. The molecular weight excluding hydrogens is 421 g/mol. The van der Waals surface area contributed by atoms with Crippen LogP contribution in [-0.4, -0.2) is 13.1 Å². The van der Waals surface area contributed by atoms with Gasteiger partial charge < -0.3 is 9.64 Å². The summed E-state index contributed by atoms with van der Waals surface area (Å²) in [6, 6.07) is 24.2. The Balaban J connectivity index is 1.68. The lowest BCUT2D eigenvalue weighted by atomic mass is 9.92. The maximum absolute atomic E-state index is 6.54. The van der Waals surface area contributed by atoms with Gasteiger partial charge in [0.05, 0.1) is 0 Å². The summed E-state index contributed by atoms with van der Waals surface area (Å²) in [6.07, 6.45) is 5.04. The van der Waals surface area contributed by atoms with Gasteiger partial charge in [0.1, 0.15) is 12.4 Å². The van der Waals surface area contributed by atoms with Gasteiger partial charge in [0.25, 0.3) is 0 Å². The largest absolute Gasteiger partial charge is 0.488 e. The van der Waals surface area contributed by atoms with Gasteiger partial charge in [-0.15, -0.1) is 0 Å². The van der Waals surface area contributed by atoms with Crippen molar-refractivity contribution in [2.75, 3.05) is 18.0 Å². The monoisotopic (exact) mass is 459 g/mol. The second-order valence-corrected chi connectivity index (χ2v) is 11.5. The molecule has 1 fully saturated rings. The van der Waals surface area contributed by atoms with Gasteiger partial charge in [0.2, 0.25) is 0 Å². The number of nitrogens with zero attached hydrogens (tertiary/aromatic N) is 1. The number of benzene rings is 3. The van der Waals surface area contributed by atoms with E-state index in [4.69, 9.17) is 4.74 Å². The van der Waals surface area contributed by atoms with Crippen LogP contribution in [0.2, 0.25) is 0 Å². The molecule has 0 aliphatic carbocycles. The molecule has 0 spiro atoms. The molecule has 2 atom stereocenters. The highest BCUT2D eigenvalue weighted by Gasteiger charge is 2.31. The molecule has 0 bridgehead atoms. The third-order valence-electron chi connectivity index (χ3n) is 6.96. The molecule has 3 heteroatoms. The fourth-order valence-electron chi connectivity index (χ4n) is 4.92.